The van der Waals surface area contributed by atoms with E-state index < -0.39 is 10.2 Å². The highest BCUT2D eigenvalue weighted by atomic mass is 32.2. The topological polar surface area (TPSA) is 108 Å². The third kappa shape index (κ3) is 5.14. The fourth-order valence-corrected chi connectivity index (χ4v) is 2.11. The standard InChI is InChI=1S/C12H17N3O4S/c1-2-3-6-19-12(16)10(7-13)20-11-5-4-9(8-14-11)15(17)18/h4-5,8,10H,2-3,6-7,13H2,1H3. The molecular weight excluding hydrogens is 282 g/mol. The molecular formula is C12H17N3O4S. The quantitative estimate of drug-likeness (QED) is 0.256. The molecule has 1 unspecified atom stereocenters. The van der Waals surface area contributed by atoms with E-state index in [1.165, 1.54) is 12.1 Å². The van der Waals surface area contributed by atoms with Crippen LogP contribution in [0.1, 0.15) is 19.8 Å². The van der Waals surface area contributed by atoms with E-state index in [4.69, 9.17) is 10.5 Å². The van der Waals surface area contributed by atoms with Crippen LogP contribution >= 0.6 is 11.8 Å². The highest BCUT2D eigenvalue weighted by Gasteiger charge is 2.20. The van der Waals surface area contributed by atoms with Crippen molar-refractivity contribution in [3.8, 4) is 0 Å². The lowest BCUT2D eigenvalue weighted by molar-refractivity contribution is -0.385. The molecule has 1 aromatic heterocycles. The number of hydrogen-bond acceptors (Lipinski definition) is 7. The zero-order valence-corrected chi connectivity index (χ0v) is 12.0. The molecule has 0 bridgehead atoms. The van der Waals surface area contributed by atoms with Gasteiger partial charge in [0.2, 0.25) is 0 Å². The molecule has 1 aromatic rings. The van der Waals surface area contributed by atoms with E-state index in [-0.39, 0.29) is 18.2 Å². The fraction of sp³-hybridized carbons (Fsp3) is 0.500. The number of unbranched alkanes of at least 4 members (excludes halogenated alkanes) is 1. The van der Waals surface area contributed by atoms with Crippen molar-refractivity contribution in [2.45, 2.75) is 30.0 Å². The molecule has 1 atom stereocenters. The van der Waals surface area contributed by atoms with E-state index in [2.05, 4.69) is 4.98 Å². The van der Waals surface area contributed by atoms with Crippen molar-refractivity contribution in [1.29, 1.82) is 0 Å². The second-order valence-corrected chi connectivity index (χ2v) is 5.20. The number of hydrogen-bond donors (Lipinski definition) is 1. The smallest absolute Gasteiger partial charge is 0.320 e. The van der Waals surface area contributed by atoms with Crippen LogP contribution in [0.2, 0.25) is 0 Å². The molecule has 7 nitrogen and oxygen atoms in total. The van der Waals surface area contributed by atoms with E-state index >= 15 is 0 Å². The molecule has 0 aliphatic rings. The van der Waals surface area contributed by atoms with Gasteiger partial charge in [-0.15, -0.1) is 0 Å². The van der Waals surface area contributed by atoms with Crippen LogP contribution in [-0.2, 0) is 9.53 Å². The van der Waals surface area contributed by atoms with Crippen LogP contribution in [0.4, 0.5) is 5.69 Å². The number of carbonyl (C=O) groups excluding carboxylic acids is 1. The van der Waals surface area contributed by atoms with E-state index in [1.54, 1.807) is 0 Å². The van der Waals surface area contributed by atoms with Gasteiger partial charge in [-0.3, -0.25) is 14.9 Å². The number of pyridine rings is 1. The van der Waals surface area contributed by atoms with Gasteiger partial charge < -0.3 is 10.5 Å². The van der Waals surface area contributed by atoms with Gasteiger partial charge >= 0.3 is 5.97 Å². The van der Waals surface area contributed by atoms with Crippen LogP contribution in [0.15, 0.2) is 23.4 Å². The molecule has 0 saturated carbocycles. The molecule has 0 aliphatic heterocycles. The summed E-state index contributed by atoms with van der Waals surface area (Å²) in [4.78, 5) is 25.7. The maximum absolute atomic E-state index is 11.8. The fourth-order valence-electron chi connectivity index (χ4n) is 1.30. The van der Waals surface area contributed by atoms with Gasteiger partial charge in [-0.2, -0.15) is 0 Å². The second-order valence-electron chi connectivity index (χ2n) is 3.97. The van der Waals surface area contributed by atoms with Crippen molar-refractivity contribution >= 4 is 23.4 Å². The largest absolute Gasteiger partial charge is 0.465 e. The Morgan fingerprint density at radius 1 is 1.60 bits per heavy atom. The Balaban J connectivity index is 2.58. The van der Waals surface area contributed by atoms with E-state index in [0.717, 1.165) is 30.8 Å². The molecule has 0 saturated heterocycles. The molecule has 2 N–H and O–H groups in total. The molecule has 0 aliphatic carbocycles. The molecule has 1 rings (SSSR count). The second kappa shape index (κ2) is 8.49. The van der Waals surface area contributed by atoms with Crippen LogP contribution < -0.4 is 5.73 Å². The van der Waals surface area contributed by atoms with E-state index in [9.17, 15) is 14.9 Å². The number of esters is 1. The average molecular weight is 299 g/mol. The first-order chi connectivity index (χ1) is 9.58. The number of thioether (sulfide) groups is 1. The Bertz CT molecular complexity index is 453. The van der Waals surface area contributed by atoms with Crippen molar-refractivity contribution in [3.63, 3.8) is 0 Å². The number of nitrogens with two attached hydrogens (primary N) is 1. The lowest BCUT2D eigenvalue weighted by Crippen LogP contribution is -2.28. The van der Waals surface area contributed by atoms with Crippen LogP contribution in [0.5, 0.6) is 0 Å². The van der Waals surface area contributed by atoms with Crippen LogP contribution in [-0.4, -0.2) is 34.3 Å². The summed E-state index contributed by atoms with van der Waals surface area (Å²) in [6.07, 6.45) is 2.90. The van der Waals surface area contributed by atoms with Gasteiger partial charge in [-0.25, -0.2) is 4.98 Å². The zero-order valence-electron chi connectivity index (χ0n) is 11.2. The maximum Gasteiger partial charge on any atom is 0.320 e. The van der Waals surface area contributed by atoms with Crippen molar-refractivity contribution < 1.29 is 14.5 Å². The minimum atomic E-state index is -0.555. The monoisotopic (exact) mass is 299 g/mol. The Hall–Kier alpha value is -1.67. The third-order valence-corrected chi connectivity index (χ3v) is 3.57. The third-order valence-electron chi connectivity index (χ3n) is 2.41. The minimum Gasteiger partial charge on any atom is -0.465 e. The Morgan fingerprint density at radius 3 is 2.85 bits per heavy atom. The molecule has 0 aromatic carbocycles. The van der Waals surface area contributed by atoms with E-state index in [0.29, 0.717) is 11.6 Å². The number of carbonyl (C=O) groups is 1. The van der Waals surface area contributed by atoms with Crippen LogP contribution in [0.25, 0.3) is 0 Å². The van der Waals surface area contributed by atoms with Gasteiger partial charge in [-0.05, 0) is 12.5 Å². The van der Waals surface area contributed by atoms with Crippen molar-refractivity contribution in [1.82, 2.24) is 4.98 Å². The molecule has 1 heterocycles. The first kappa shape index (κ1) is 16.4. The summed E-state index contributed by atoms with van der Waals surface area (Å²) in [5, 5.41) is 10.5. The summed E-state index contributed by atoms with van der Waals surface area (Å²) < 4.78 is 5.09. The van der Waals surface area contributed by atoms with Crippen LogP contribution in [0.3, 0.4) is 0 Å². The number of ether oxygens (including phenoxy) is 1. The van der Waals surface area contributed by atoms with Crippen molar-refractivity contribution in [3.05, 3.63) is 28.4 Å². The van der Waals surface area contributed by atoms with Gasteiger partial charge in [0.05, 0.1) is 16.6 Å². The van der Waals surface area contributed by atoms with Gasteiger partial charge in [0.1, 0.15) is 11.4 Å². The highest BCUT2D eigenvalue weighted by molar-refractivity contribution is 8.00. The molecule has 0 spiro atoms. The molecule has 110 valence electrons. The maximum atomic E-state index is 11.8. The van der Waals surface area contributed by atoms with Crippen LogP contribution in [0, 0.1) is 10.1 Å². The molecule has 8 heteroatoms. The summed E-state index contributed by atoms with van der Waals surface area (Å²) in [6.45, 7) is 2.50. The van der Waals surface area contributed by atoms with Gasteiger partial charge in [0.15, 0.2) is 0 Å². The van der Waals surface area contributed by atoms with Gasteiger partial charge in [-0.1, -0.05) is 25.1 Å². The summed E-state index contributed by atoms with van der Waals surface area (Å²) >= 11 is 1.14. The SMILES string of the molecule is CCCCOC(=O)C(CN)Sc1ccc([N+](=O)[O-])cn1. The van der Waals surface area contributed by atoms with Crippen molar-refractivity contribution in [2.75, 3.05) is 13.2 Å². The normalized spacial score (nSPS) is 11.9. The number of nitro groups is 1. The first-order valence-electron chi connectivity index (χ1n) is 6.22. The molecule has 20 heavy (non-hydrogen) atoms. The predicted molar refractivity (Wildman–Crippen MR) is 75.5 cm³/mol. The minimum absolute atomic E-state index is 0.0934. The van der Waals surface area contributed by atoms with Gasteiger partial charge in [0.25, 0.3) is 5.69 Å². The lowest BCUT2D eigenvalue weighted by atomic mass is 10.3. The number of rotatable bonds is 8. The van der Waals surface area contributed by atoms with E-state index in [1.807, 2.05) is 6.92 Å². The average Bonchev–Trinajstić information content (AvgIpc) is 2.45. The van der Waals surface area contributed by atoms with Crippen molar-refractivity contribution in [2.24, 2.45) is 5.73 Å². The van der Waals surface area contributed by atoms with Gasteiger partial charge in [0, 0.05) is 12.6 Å². The Morgan fingerprint density at radius 2 is 2.35 bits per heavy atom. The predicted octanol–water partition coefficient (Wildman–Crippen LogP) is 1.75. The Labute approximate surface area is 121 Å². The molecule has 0 radical (unpaired) electrons. The number of nitrogens with zero attached hydrogens (tertiary/aromatic N) is 2. The summed E-state index contributed by atoms with van der Waals surface area (Å²) in [7, 11) is 0. The number of aromatic nitrogens is 1. The highest BCUT2D eigenvalue weighted by Crippen LogP contribution is 2.23. The Kier molecular flexibility index (Phi) is 6.96. The lowest BCUT2D eigenvalue weighted by Gasteiger charge is -2.12. The first-order valence-corrected chi connectivity index (χ1v) is 7.10. The summed E-state index contributed by atoms with van der Waals surface area (Å²) in [5.74, 6) is -0.383. The molecule has 0 amide bonds. The zero-order chi connectivity index (χ0) is 15.0. The summed E-state index contributed by atoms with van der Waals surface area (Å²) in [5.41, 5.74) is 5.45. The summed E-state index contributed by atoms with van der Waals surface area (Å²) in [6, 6.07) is 2.83. The molecule has 0 fully saturated rings.